The third-order valence-corrected chi connectivity index (χ3v) is 11.6. The molecule has 0 bridgehead atoms. The van der Waals surface area contributed by atoms with Crippen molar-refractivity contribution >= 4 is 71.9 Å². The lowest BCUT2D eigenvalue weighted by molar-refractivity contribution is 0.620. The Labute approximate surface area is 345 Å². The van der Waals surface area contributed by atoms with E-state index in [1.807, 2.05) is 42.5 Å². The minimum atomic E-state index is 0.603. The number of furan rings is 1. The van der Waals surface area contributed by atoms with Crippen LogP contribution >= 0.6 is 0 Å². The first-order valence-electron chi connectivity index (χ1n) is 20.2. The van der Waals surface area contributed by atoms with Crippen LogP contribution in [0.3, 0.4) is 0 Å². The molecule has 0 unspecified atom stereocenters. The summed E-state index contributed by atoms with van der Waals surface area (Å²) in [5.74, 6) is 0.603. The smallest absolute Gasteiger partial charge is 0.227 e. The van der Waals surface area contributed by atoms with Crippen molar-refractivity contribution in [3.63, 3.8) is 0 Å². The predicted molar refractivity (Wildman–Crippen MR) is 247 cm³/mol. The lowest BCUT2D eigenvalue weighted by Crippen LogP contribution is -2.10. The molecule has 0 aliphatic carbocycles. The molecule has 0 radical (unpaired) electrons. The van der Waals surface area contributed by atoms with Crippen LogP contribution in [-0.2, 0) is 0 Å². The Morgan fingerprint density at radius 3 is 1.77 bits per heavy atom. The average molecular weight is 770 g/mol. The zero-order valence-electron chi connectivity index (χ0n) is 32.4. The molecule has 3 aromatic heterocycles. The fraction of sp³-hybridized carbons (Fsp3) is 0. The van der Waals surface area contributed by atoms with Crippen LogP contribution in [0.25, 0.3) is 94.2 Å². The predicted octanol–water partition coefficient (Wildman–Crippen LogP) is 15.3. The Hall–Kier alpha value is -8.15. The molecule has 0 aliphatic heterocycles. The Bertz CT molecular complexity index is 3530. The maximum absolute atomic E-state index is 6.47. The van der Waals surface area contributed by atoms with Gasteiger partial charge in [-0.25, -0.2) is 4.98 Å². The molecule has 12 rings (SSSR count). The van der Waals surface area contributed by atoms with E-state index in [2.05, 4.69) is 179 Å². The second kappa shape index (κ2) is 13.8. The van der Waals surface area contributed by atoms with Crippen LogP contribution in [-0.4, -0.2) is 9.55 Å². The van der Waals surface area contributed by atoms with Crippen LogP contribution in [0.5, 0.6) is 0 Å². The van der Waals surface area contributed by atoms with Crippen molar-refractivity contribution in [2.45, 2.75) is 0 Å². The number of fused-ring (bicyclic) bond motifs is 7. The Morgan fingerprint density at radius 1 is 0.350 bits per heavy atom. The van der Waals surface area contributed by atoms with Gasteiger partial charge in [0.25, 0.3) is 0 Å². The molecular formula is C55H35N3O2. The van der Waals surface area contributed by atoms with Crippen molar-refractivity contribution in [2.75, 3.05) is 4.90 Å². The van der Waals surface area contributed by atoms with Crippen LogP contribution in [0.4, 0.5) is 17.1 Å². The van der Waals surface area contributed by atoms with Crippen LogP contribution in [0.2, 0.25) is 0 Å². The van der Waals surface area contributed by atoms with Gasteiger partial charge in [0.1, 0.15) is 16.7 Å². The number of rotatable bonds is 7. The summed E-state index contributed by atoms with van der Waals surface area (Å²) in [4.78, 5) is 7.12. The molecule has 0 saturated heterocycles. The number of para-hydroxylation sites is 2. The number of hydrogen-bond donors (Lipinski definition) is 0. The van der Waals surface area contributed by atoms with E-state index < -0.39 is 0 Å². The van der Waals surface area contributed by atoms with Gasteiger partial charge in [0.05, 0.1) is 11.0 Å². The number of nitrogens with zero attached hydrogens (tertiary/aromatic N) is 3. The SMILES string of the molecule is c1ccc(-c2cccc(N(c3ccc(-c4ccc5c(c4)oc4cc6nc(-c7ccccc7)oc6cc45)cc3)c3ccc4c5ccccc5n(-c5ccccc5)c4c3)c2)cc1. The second-order valence-corrected chi connectivity index (χ2v) is 15.2. The summed E-state index contributed by atoms with van der Waals surface area (Å²) in [6.45, 7) is 0. The van der Waals surface area contributed by atoms with Gasteiger partial charge in [-0.15, -0.1) is 0 Å². The van der Waals surface area contributed by atoms with E-state index in [1.54, 1.807) is 0 Å². The van der Waals surface area contributed by atoms with E-state index in [-0.39, 0.29) is 0 Å². The fourth-order valence-corrected chi connectivity index (χ4v) is 8.74. The van der Waals surface area contributed by atoms with Crippen molar-refractivity contribution < 1.29 is 8.83 Å². The van der Waals surface area contributed by atoms with Gasteiger partial charge >= 0.3 is 0 Å². The zero-order valence-corrected chi connectivity index (χ0v) is 32.4. The lowest BCUT2D eigenvalue weighted by Gasteiger charge is -2.26. The van der Waals surface area contributed by atoms with Crippen molar-refractivity contribution in [1.29, 1.82) is 0 Å². The fourth-order valence-electron chi connectivity index (χ4n) is 8.74. The minimum Gasteiger partial charge on any atom is -0.456 e. The van der Waals surface area contributed by atoms with E-state index in [0.29, 0.717) is 5.89 Å². The first-order valence-corrected chi connectivity index (χ1v) is 20.2. The number of oxazole rings is 1. The molecular weight excluding hydrogens is 735 g/mol. The van der Waals surface area contributed by atoms with Gasteiger partial charge in [0.15, 0.2) is 5.58 Å². The zero-order chi connectivity index (χ0) is 39.6. The van der Waals surface area contributed by atoms with E-state index in [4.69, 9.17) is 13.8 Å². The number of benzene rings is 9. The van der Waals surface area contributed by atoms with Gasteiger partial charge in [-0.3, -0.25) is 0 Å². The highest BCUT2D eigenvalue weighted by molar-refractivity contribution is 6.11. The van der Waals surface area contributed by atoms with Crippen LogP contribution in [0, 0.1) is 0 Å². The maximum Gasteiger partial charge on any atom is 0.227 e. The third-order valence-electron chi connectivity index (χ3n) is 11.6. The molecule has 9 aromatic carbocycles. The topological polar surface area (TPSA) is 47.3 Å². The van der Waals surface area contributed by atoms with Crippen molar-refractivity contribution in [3.05, 3.63) is 212 Å². The standard InChI is InChI=1S/C55H35N3O2/c1-4-13-36(14-5-1)39-17-12-20-43(31-39)57(44-28-30-46-45-21-10-11-22-50(45)58(51(46)33-44)41-18-8-3-9-19-41)42-26-23-37(24-27-42)40-25-29-47-48-34-54-49(35-53(48)59-52(47)32-40)56-55(60-54)38-15-6-2-7-16-38/h1-35H. The first kappa shape index (κ1) is 33.9. The first-order chi connectivity index (χ1) is 29.7. The molecule has 5 heteroatoms. The molecule has 0 amide bonds. The number of anilines is 3. The molecule has 282 valence electrons. The maximum atomic E-state index is 6.47. The van der Waals surface area contributed by atoms with E-state index in [9.17, 15) is 0 Å². The summed E-state index contributed by atoms with van der Waals surface area (Å²) in [5, 5.41) is 4.49. The normalized spacial score (nSPS) is 11.7. The average Bonchev–Trinajstić information content (AvgIpc) is 4.00. The summed E-state index contributed by atoms with van der Waals surface area (Å²) in [7, 11) is 0. The molecule has 12 aromatic rings. The van der Waals surface area contributed by atoms with Gasteiger partial charge in [0.2, 0.25) is 5.89 Å². The van der Waals surface area contributed by atoms with Gasteiger partial charge in [0, 0.05) is 55.9 Å². The summed E-state index contributed by atoms with van der Waals surface area (Å²) < 4.78 is 15.0. The minimum absolute atomic E-state index is 0.603. The summed E-state index contributed by atoms with van der Waals surface area (Å²) in [6, 6.07) is 74.8. The van der Waals surface area contributed by atoms with Gasteiger partial charge in [-0.1, -0.05) is 121 Å². The van der Waals surface area contributed by atoms with Crippen LogP contribution in [0.1, 0.15) is 0 Å². The van der Waals surface area contributed by atoms with Crippen molar-refractivity contribution in [3.8, 4) is 39.4 Å². The molecule has 0 fully saturated rings. The van der Waals surface area contributed by atoms with Crippen LogP contribution in [0.15, 0.2) is 221 Å². The molecule has 0 spiro atoms. The number of aromatic nitrogens is 2. The molecule has 0 saturated carbocycles. The molecule has 3 heterocycles. The molecule has 0 atom stereocenters. The van der Waals surface area contributed by atoms with E-state index >= 15 is 0 Å². The molecule has 60 heavy (non-hydrogen) atoms. The van der Waals surface area contributed by atoms with Gasteiger partial charge in [-0.05, 0) is 107 Å². The van der Waals surface area contributed by atoms with Crippen LogP contribution < -0.4 is 4.90 Å². The lowest BCUT2D eigenvalue weighted by atomic mass is 10.0. The van der Waals surface area contributed by atoms with Gasteiger partial charge in [-0.2, -0.15) is 0 Å². The highest BCUT2D eigenvalue weighted by Crippen LogP contribution is 2.42. The summed E-state index contributed by atoms with van der Waals surface area (Å²) in [5.41, 5.74) is 15.3. The Morgan fingerprint density at radius 2 is 0.950 bits per heavy atom. The second-order valence-electron chi connectivity index (χ2n) is 15.2. The highest BCUT2D eigenvalue weighted by atomic mass is 16.4. The quantitative estimate of drug-likeness (QED) is 0.162. The summed E-state index contributed by atoms with van der Waals surface area (Å²) in [6.07, 6.45) is 0. The van der Waals surface area contributed by atoms with Crippen molar-refractivity contribution in [2.24, 2.45) is 0 Å². The Kier molecular flexibility index (Phi) is 7.78. The largest absolute Gasteiger partial charge is 0.456 e. The Balaban J connectivity index is 0.956. The summed E-state index contributed by atoms with van der Waals surface area (Å²) >= 11 is 0. The molecule has 0 aliphatic rings. The van der Waals surface area contributed by atoms with Crippen molar-refractivity contribution in [1.82, 2.24) is 9.55 Å². The molecule has 0 N–H and O–H groups in total. The monoisotopic (exact) mass is 769 g/mol. The molecule has 5 nitrogen and oxygen atoms in total. The number of hydrogen-bond acceptors (Lipinski definition) is 4. The van der Waals surface area contributed by atoms with E-state index in [0.717, 1.165) is 83.6 Å². The van der Waals surface area contributed by atoms with Gasteiger partial charge < -0.3 is 18.3 Å². The third kappa shape index (κ3) is 5.67. The highest BCUT2D eigenvalue weighted by Gasteiger charge is 2.19. The van der Waals surface area contributed by atoms with E-state index in [1.165, 1.54) is 21.9 Å².